The maximum absolute atomic E-state index is 13.2. The number of amides is 2. The van der Waals surface area contributed by atoms with Gasteiger partial charge in [0.2, 0.25) is 5.91 Å². The van der Waals surface area contributed by atoms with E-state index in [0.717, 1.165) is 16.1 Å². The van der Waals surface area contributed by atoms with Crippen LogP contribution in [0.2, 0.25) is 0 Å². The number of ether oxygens (including phenoxy) is 1. The predicted molar refractivity (Wildman–Crippen MR) is 139 cm³/mol. The Hall–Kier alpha value is -2.75. The van der Waals surface area contributed by atoms with E-state index < -0.39 is 17.6 Å². The van der Waals surface area contributed by atoms with Gasteiger partial charge < -0.3 is 20.3 Å². The summed E-state index contributed by atoms with van der Waals surface area (Å²) in [7, 11) is 0. The van der Waals surface area contributed by atoms with Gasteiger partial charge in [0.1, 0.15) is 6.61 Å². The van der Waals surface area contributed by atoms with Gasteiger partial charge in [-0.15, -0.1) is 11.3 Å². The molecule has 1 fully saturated rings. The van der Waals surface area contributed by atoms with Gasteiger partial charge in [-0.2, -0.15) is 0 Å². The molecule has 8 nitrogen and oxygen atoms in total. The molecule has 2 aliphatic rings. The zero-order valence-electron chi connectivity index (χ0n) is 20.8. The van der Waals surface area contributed by atoms with Gasteiger partial charge in [-0.3, -0.25) is 10.1 Å². The number of thiazole rings is 1. The van der Waals surface area contributed by atoms with Gasteiger partial charge in [0, 0.05) is 29.2 Å². The van der Waals surface area contributed by atoms with Crippen molar-refractivity contribution in [2.24, 2.45) is 16.7 Å². The van der Waals surface area contributed by atoms with Crippen molar-refractivity contribution in [1.29, 1.82) is 0 Å². The van der Waals surface area contributed by atoms with Crippen LogP contribution in [0.5, 0.6) is 0 Å². The van der Waals surface area contributed by atoms with E-state index in [2.05, 4.69) is 24.1 Å². The Balaban J connectivity index is 1.63. The van der Waals surface area contributed by atoms with Crippen molar-refractivity contribution in [3.05, 3.63) is 59.1 Å². The quantitative estimate of drug-likeness (QED) is 0.396. The second kappa shape index (κ2) is 10.7. The van der Waals surface area contributed by atoms with Gasteiger partial charge in [0.15, 0.2) is 5.13 Å². The fourth-order valence-corrected chi connectivity index (χ4v) is 7.07. The Morgan fingerprint density at radius 2 is 2.06 bits per heavy atom. The summed E-state index contributed by atoms with van der Waals surface area (Å²) in [6.07, 6.45) is 2.35. The molecule has 1 aromatic heterocycles. The van der Waals surface area contributed by atoms with Crippen LogP contribution in [0.3, 0.4) is 0 Å². The number of rotatable bonds is 8. The first kappa shape index (κ1) is 26.3. The highest BCUT2D eigenvalue weighted by Crippen LogP contribution is 2.62. The number of fused-ring (bicyclic) bond motifs is 2. The number of hydrogen-bond donors (Lipinski definition) is 4. The summed E-state index contributed by atoms with van der Waals surface area (Å²) >= 11 is 1.36. The minimum atomic E-state index is -0.704. The van der Waals surface area contributed by atoms with Crippen molar-refractivity contribution in [2.45, 2.75) is 58.1 Å². The highest BCUT2D eigenvalue weighted by Gasteiger charge is 2.59. The van der Waals surface area contributed by atoms with Gasteiger partial charge in [0.05, 0.1) is 18.4 Å². The summed E-state index contributed by atoms with van der Waals surface area (Å²) in [5.41, 5.74) is 0.766. The second-order valence-electron chi connectivity index (χ2n) is 10.3. The van der Waals surface area contributed by atoms with Crippen LogP contribution in [0.4, 0.5) is 9.93 Å². The number of aromatic nitrogens is 1. The third-order valence-electron chi connectivity index (χ3n) is 8.16. The van der Waals surface area contributed by atoms with Crippen molar-refractivity contribution in [1.82, 2.24) is 10.3 Å². The standard InChI is InChI=1S/C27H35N3O5S/c1-4-12-35-25(34)30-24-29-23-18(13-22(33)28-15-17-8-6-5-7-9-17)26(2)11-10-21(32)27(3,16-31)20(26)14-19(23)36-24/h4-9,18,20-21,31-32H,1,10-16H2,2-3H3,(H,28,33)(H,29,30,34)/t18-,20+,21-,26+,27+/m1/s1. The SMILES string of the molecule is C=CCOC(=O)Nc1nc2c(s1)C[C@@H]1[C@](C)(CO)[C@H](O)CC[C@@]1(C)[C@@H]2CC(=O)NCc1ccccc1. The molecule has 4 rings (SSSR count). The topological polar surface area (TPSA) is 121 Å². The average molecular weight is 514 g/mol. The predicted octanol–water partition coefficient (Wildman–Crippen LogP) is 4.00. The molecule has 0 spiro atoms. The third kappa shape index (κ3) is 5.05. The lowest BCUT2D eigenvalue weighted by Crippen LogP contribution is -2.57. The molecule has 194 valence electrons. The molecule has 0 radical (unpaired) electrons. The smallest absolute Gasteiger partial charge is 0.413 e. The molecule has 0 bridgehead atoms. The molecule has 2 amide bonds. The van der Waals surface area contributed by atoms with Crippen LogP contribution in [0.1, 0.15) is 55.2 Å². The number of carbonyl (C=O) groups excluding carboxylic acids is 2. The maximum Gasteiger partial charge on any atom is 0.413 e. The molecular formula is C27H35N3O5S. The van der Waals surface area contributed by atoms with E-state index in [4.69, 9.17) is 9.72 Å². The molecule has 0 aliphatic heterocycles. The minimum absolute atomic E-state index is 0.0563. The van der Waals surface area contributed by atoms with E-state index in [1.165, 1.54) is 17.4 Å². The highest BCUT2D eigenvalue weighted by molar-refractivity contribution is 7.15. The van der Waals surface area contributed by atoms with Crippen LogP contribution in [0.15, 0.2) is 43.0 Å². The van der Waals surface area contributed by atoms with Crippen molar-refractivity contribution in [3.63, 3.8) is 0 Å². The summed E-state index contributed by atoms with van der Waals surface area (Å²) in [5, 5.41) is 27.4. The average Bonchev–Trinajstić information content (AvgIpc) is 3.27. The normalized spacial score (nSPS) is 28.9. The molecule has 0 unspecified atom stereocenters. The molecule has 4 N–H and O–H groups in total. The van der Waals surface area contributed by atoms with Crippen molar-refractivity contribution < 1.29 is 24.5 Å². The number of anilines is 1. The van der Waals surface area contributed by atoms with E-state index in [1.54, 1.807) is 0 Å². The minimum Gasteiger partial charge on any atom is -0.445 e. The molecule has 5 atom stereocenters. The number of nitrogens with one attached hydrogen (secondary N) is 2. The van der Waals surface area contributed by atoms with Gasteiger partial charge in [-0.25, -0.2) is 9.78 Å². The Morgan fingerprint density at radius 1 is 1.31 bits per heavy atom. The first-order chi connectivity index (χ1) is 17.2. The number of carbonyl (C=O) groups is 2. The first-order valence-corrected chi connectivity index (χ1v) is 13.2. The van der Waals surface area contributed by atoms with Crippen LogP contribution in [0.25, 0.3) is 0 Å². The number of hydrogen-bond acceptors (Lipinski definition) is 7. The van der Waals surface area contributed by atoms with E-state index >= 15 is 0 Å². The van der Waals surface area contributed by atoms with Crippen LogP contribution < -0.4 is 10.6 Å². The highest BCUT2D eigenvalue weighted by atomic mass is 32.1. The first-order valence-electron chi connectivity index (χ1n) is 12.3. The Kier molecular flexibility index (Phi) is 7.82. The molecule has 0 saturated heterocycles. The van der Waals surface area contributed by atoms with Crippen LogP contribution >= 0.6 is 11.3 Å². The van der Waals surface area contributed by atoms with E-state index in [1.807, 2.05) is 37.3 Å². The Labute approximate surface area is 215 Å². The zero-order valence-corrected chi connectivity index (χ0v) is 21.6. The number of nitrogens with zero attached hydrogens (tertiary/aromatic N) is 1. The van der Waals surface area contributed by atoms with Gasteiger partial charge in [-0.1, -0.05) is 56.8 Å². The van der Waals surface area contributed by atoms with Crippen molar-refractivity contribution in [2.75, 3.05) is 18.5 Å². The van der Waals surface area contributed by atoms with Crippen LogP contribution in [0, 0.1) is 16.7 Å². The Bertz CT molecular complexity index is 1110. The fraction of sp³-hybridized carbons (Fsp3) is 0.519. The second-order valence-corrected chi connectivity index (χ2v) is 11.4. The van der Waals surface area contributed by atoms with Crippen molar-refractivity contribution >= 4 is 28.5 Å². The van der Waals surface area contributed by atoms with Gasteiger partial charge in [0.25, 0.3) is 0 Å². The number of aliphatic hydroxyl groups excluding tert-OH is 2. The van der Waals surface area contributed by atoms with E-state index in [-0.39, 0.29) is 42.8 Å². The number of aliphatic hydroxyl groups is 2. The maximum atomic E-state index is 13.2. The molecule has 9 heteroatoms. The molecule has 36 heavy (non-hydrogen) atoms. The van der Waals surface area contributed by atoms with E-state index in [0.29, 0.717) is 30.9 Å². The molecule has 1 aromatic carbocycles. The molecule has 1 saturated carbocycles. The lowest BCUT2D eigenvalue weighted by atomic mass is 9.47. The Morgan fingerprint density at radius 3 is 2.75 bits per heavy atom. The lowest BCUT2D eigenvalue weighted by molar-refractivity contribution is -0.144. The van der Waals surface area contributed by atoms with Crippen molar-refractivity contribution in [3.8, 4) is 0 Å². The molecule has 1 heterocycles. The number of benzene rings is 1. The van der Waals surface area contributed by atoms with Crippen LogP contribution in [-0.2, 0) is 22.5 Å². The lowest BCUT2D eigenvalue weighted by Gasteiger charge is -2.58. The summed E-state index contributed by atoms with van der Waals surface area (Å²) in [6, 6.07) is 9.75. The molecular weight excluding hydrogens is 478 g/mol. The van der Waals surface area contributed by atoms with Crippen LogP contribution in [-0.4, -0.2) is 46.5 Å². The summed E-state index contributed by atoms with van der Waals surface area (Å²) < 4.78 is 5.04. The van der Waals surface area contributed by atoms with E-state index in [9.17, 15) is 19.8 Å². The fourth-order valence-electron chi connectivity index (χ4n) is 6.01. The third-order valence-corrected chi connectivity index (χ3v) is 9.17. The molecule has 2 aliphatic carbocycles. The summed E-state index contributed by atoms with van der Waals surface area (Å²) in [4.78, 5) is 31.0. The van der Waals surface area contributed by atoms with Gasteiger partial charge in [-0.05, 0) is 36.2 Å². The molecule has 2 aromatic rings. The summed E-state index contributed by atoms with van der Waals surface area (Å²) in [6.45, 7) is 8.02. The summed E-state index contributed by atoms with van der Waals surface area (Å²) in [5.74, 6) is -0.364. The zero-order chi connectivity index (χ0) is 25.9. The van der Waals surface area contributed by atoms with Gasteiger partial charge >= 0.3 is 6.09 Å². The largest absolute Gasteiger partial charge is 0.445 e. The monoisotopic (exact) mass is 513 g/mol.